The van der Waals surface area contributed by atoms with Gasteiger partial charge in [-0.3, -0.25) is 0 Å². The Morgan fingerprint density at radius 3 is 1.12 bits per heavy atom. The third-order valence-corrected chi connectivity index (χ3v) is 10.9. The van der Waals surface area contributed by atoms with Gasteiger partial charge in [-0.25, -0.2) is 9.13 Å². The van der Waals surface area contributed by atoms with Crippen molar-refractivity contribution in [2.75, 3.05) is 13.2 Å². The van der Waals surface area contributed by atoms with Crippen molar-refractivity contribution in [2.45, 2.75) is 219 Å². The first-order chi connectivity index (χ1) is 25.2. The molecule has 294 valence electrons. The van der Waals surface area contributed by atoms with Crippen molar-refractivity contribution in [2.24, 2.45) is 14.1 Å². The number of ether oxygens (including phenoxy) is 2. The molecule has 0 aliphatic carbocycles. The Kier molecular flexibility index (Phi) is 28.9. The Labute approximate surface area is 317 Å². The van der Waals surface area contributed by atoms with Crippen LogP contribution in [0.25, 0.3) is 11.4 Å². The first-order valence-electron chi connectivity index (χ1n) is 22.6. The van der Waals surface area contributed by atoms with E-state index in [1.807, 2.05) is 0 Å². The van der Waals surface area contributed by atoms with E-state index < -0.39 is 0 Å². The van der Waals surface area contributed by atoms with Crippen LogP contribution in [0.3, 0.4) is 0 Å². The van der Waals surface area contributed by atoms with Crippen molar-refractivity contribution < 1.29 is 14.0 Å². The van der Waals surface area contributed by atoms with Crippen LogP contribution in [0.2, 0.25) is 0 Å². The van der Waals surface area contributed by atoms with E-state index in [-0.39, 0.29) is 0 Å². The van der Waals surface area contributed by atoms with Crippen LogP contribution in [0, 0.1) is 0 Å². The van der Waals surface area contributed by atoms with E-state index in [2.05, 4.69) is 67.7 Å². The largest absolute Gasteiger partial charge is 0.490 e. The van der Waals surface area contributed by atoms with E-state index in [0.29, 0.717) is 0 Å². The normalized spacial score (nSPS) is 11.5. The second kappa shape index (κ2) is 32.7. The van der Waals surface area contributed by atoms with Crippen molar-refractivity contribution in [3.05, 3.63) is 30.6 Å². The topological polar surface area (TPSA) is 27.3 Å². The van der Waals surface area contributed by atoms with Crippen molar-refractivity contribution in [1.29, 1.82) is 0 Å². The summed E-state index contributed by atoms with van der Waals surface area (Å²) in [6.07, 6.45) is 48.6. The number of hydrogen-bond donors (Lipinski definition) is 0. The van der Waals surface area contributed by atoms with Crippen molar-refractivity contribution in [1.82, 2.24) is 4.57 Å². The van der Waals surface area contributed by atoms with Gasteiger partial charge in [0, 0.05) is 0 Å². The van der Waals surface area contributed by atoms with Gasteiger partial charge < -0.3 is 9.47 Å². The van der Waals surface area contributed by atoms with Crippen LogP contribution < -0.4 is 14.0 Å². The van der Waals surface area contributed by atoms with E-state index >= 15 is 0 Å². The summed E-state index contributed by atoms with van der Waals surface area (Å²) in [5.41, 5.74) is 1.17. The number of hydrogen-bond acceptors (Lipinski definition) is 2. The van der Waals surface area contributed by atoms with Crippen molar-refractivity contribution in [3.63, 3.8) is 0 Å². The van der Waals surface area contributed by atoms with Gasteiger partial charge in [-0.15, -0.1) is 0 Å². The highest BCUT2D eigenvalue weighted by Crippen LogP contribution is 2.32. The Bertz CT molecular complexity index is 1030. The van der Waals surface area contributed by atoms with Crippen LogP contribution in [-0.4, -0.2) is 17.8 Å². The smallest absolute Gasteiger partial charge is 0.288 e. The lowest BCUT2D eigenvalue weighted by Gasteiger charge is -2.14. The molecule has 0 unspecified atom stereocenters. The fourth-order valence-electron chi connectivity index (χ4n) is 7.54. The minimum absolute atomic E-state index is 0.760. The zero-order valence-corrected chi connectivity index (χ0v) is 34.6. The van der Waals surface area contributed by atoms with Gasteiger partial charge in [0.25, 0.3) is 5.82 Å². The van der Waals surface area contributed by atoms with E-state index in [0.717, 1.165) is 37.6 Å². The Morgan fingerprint density at radius 1 is 0.451 bits per heavy atom. The maximum atomic E-state index is 6.41. The van der Waals surface area contributed by atoms with Gasteiger partial charge >= 0.3 is 0 Å². The first-order valence-corrected chi connectivity index (χ1v) is 22.6. The van der Waals surface area contributed by atoms with Crippen LogP contribution in [0.5, 0.6) is 11.5 Å². The fraction of sp³-hybridized carbons (Fsp3) is 0.809. The number of imidazole rings is 1. The molecule has 0 amide bonds. The van der Waals surface area contributed by atoms with Gasteiger partial charge in [-0.1, -0.05) is 206 Å². The Balaban J connectivity index is 1.56. The zero-order chi connectivity index (χ0) is 36.5. The summed E-state index contributed by atoms with van der Waals surface area (Å²) in [5, 5.41) is 0. The molecule has 0 saturated heterocycles. The standard InChI is InChI=1S/C47H85N2O2/c1-5-7-9-11-13-15-17-19-21-23-25-27-29-31-33-35-41-50-45-38-37-44(47-48(3)39-40-49(47)4)43-46(45)51-42-36-34-32-30-28-26-24-22-20-18-16-14-12-10-8-6-2/h37-40,43H,5-36,41-42H2,1-4H3/q+1. The molecule has 0 fully saturated rings. The SMILES string of the molecule is CCCCCCCCCCCCCCCCCCOc1ccc(-c2n(C)cc[n+]2C)cc1OCCCCCCCCCCCCCCCCCC. The van der Waals surface area contributed by atoms with Gasteiger partial charge in [0.05, 0.1) is 32.9 Å². The molecule has 0 radical (unpaired) electrons. The fourth-order valence-corrected chi connectivity index (χ4v) is 7.54. The molecular formula is C47H85N2O2+. The summed E-state index contributed by atoms with van der Waals surface area (Å²) in [6.45, 7) is 6.13. The number of aryl methyl sites for hydroxylation is 2. The predicted molar refractivity (Wildman–Crippen MR) is 222 cm³/mol. The summed E-state index contributed by atoms with van der Waals surface area (Å²) < 4.78 is 17.1. The summed E-state index contributed by atoms with van der Waals surface area (Å²) in [7, 11) is 4.21. The highest BCUT2D eigenvalue weighted by Gasteiger charge is 2.17. The molecule has 1 aromatic heterocycles. The average molecular weight is 710 g/mol. The second-order valence-electron chi connectivity index (χ2n) is 15.8. The summed E-state index contributed by atoms with van der Waals surface area (Å²) in [4.78, 5) is 0. The van der Waals surface area contributed by atoms with Crippen molar-refractivity contribution in [3.8, 4) is 22.9 Å². The molecule has 0 spiro atoms. The third-order valence-electron chi connectivity index (χ3n) is 10.9. The van der Waals surface area contributed by atoms with E-state index in [1.165, 1.54) is 204 Å². The van der Waals surface area contributed by atoms with Crippen LogP contribution in [-0.2, 0) is 14.1 Å². The van der Waals surface area contributed by atoms with Gasteiger partial charge in [0.2, 0.25) is 0 Å². The molecule has 0 N–H and O–H groups in total. The molecule has 4 nitrogen and oxygen atoms in total. The molecule has 2 aromatic rings. The predicted octanol–water partition coefficient (Wildman–Crippen LogP) is 14.8. The van der Waals surface area contributed by atoms with E-state index in [9.17, 15) is 0 Å². The second-order valence-corrected chi connectivity index (χ2v) is 15.8. The minimum atomic E-state index is 0.760. The Morgan fingerprint density at radius 2 is 0.784 bits per heavy atom. The molecule has 0 atom stereocenters. The molecule has 0 aliphatic rings. The maximum absolute atomic E-state index is 6.41. The van der Waals surface area contributed by atoms with Gasteiger partial charge in [-0.2, -0.15) is 0 Å². The minimum Gasteiger partial charge on any atom is -0.490 e. The highest BCUT2D eigenvalue weighted by atomic mass is 16.5. The first kappa shape index (κ1) is 45.2. The highest BCUT2D eigenvalue weighted by molar-refractivity contribution is 5.59. The molecule has 51 heavy (non-hydrogen) atoms. The third kappa shape index (κ3) is 23.3. The van der Waals surface area contributed by atoms with Crippen LogP contribution in [0.4, 0.5) is 0 Å². The quantitative estimate of drug-likeness (QED) is 0.0516. The molecule has 1 aromatic carbocycles. The number of rotatable bonds is 37. The van der Waals surface area contributed by atoms with Crippen LogP contribution in [0.1, 0.15) is 219 Å². The van der Waals surface area contributed by atoms with Crippen molar-refractivity contribution >= 4 is 0 Å². The molecule has 4 heteroatoms. The van der Waals surface area contributed by atoms with Gasteiger partial charge in [-0.05, 0) is 31.0 Å². The molecule has 0 bridgehead atoms. The zero-order valence-electron chi connectivity index (χ0n) is 34.6. The Hall–Kier alpha value is -1.97. The summed E-state index contributed by atoms with van der Waals surface area (Å²) >= 11 is 0. The lowest BCUT2D eigenvalue weighted by molar-refractivity contribution is -0.659. The number of aromatic nitrogens is 2. The maximum Gasteiger partial charge on any atom is 0.288 e. The number of benzene rings is 1. The number of nitrogens with zero attached hydrogens (tertiary/aromatic N) is 2. The van der Waals surface area contributed by atoms with Gasteiger partial charge in [0.1, 0.15) is 12.4 Å². The molecule has 1 heterocycles. The molecule has 2 rings (SSSR count). The van der Waals surface area contributed by atoms with Gasteiger partial charge in [0.15, 0.2) is 11.5 Å². The summed E-state index contributed by atoms with van der Waals surface area (Å²) in [5.74, 6) is 2.96. The average Bonchev–Trinajstić information content (AvgIpc) is 3.48. The molecular weight excluding hydrogens is 625 g/mol. The monoisotopic (exact) mass is 710 g/mol. The van der Waals surface area contributed by atoms with Crippen LogP contribution in [0.15, 0.2) is 30.6 Å². The number of unbranched alkanes of at least 4 members (excludes halogenated alkanes) is 30. The van der Waals surface area contributed by atoms with E-state index in [4.69, 9.17) is 9.47 Å². The molecule has 0 saturated carbocycles. The lowest BCUT2D eigenvalue weighted by atomic mass is 10.0. The van der Waals surface area contributed by atoms with Crippen LogP contribution >= 0.6 is 0 Å². The molecule has 0 aliphatic heterocycles. The lowest BCUT2D eigenvalue weighted by Crippen LogP contribution is -2.28. The summed E-state index contributed by atoms with van der Waals surface area (Å²) in [6, 6.07) is 6.49. The van der Waals surface area contributed by atoms with E-state index in [1.54, 1.807) is 0 Å².